The molecule has 0 aliphatic rings. The fourth-order valence-electron chi connectivity index (χ4n) is 3.06. The van der Waals surface area contributed by atoms with Crippen molar-refractivity contribution in [1.82, 2.24) is 4.90 Å². The number of halogens is 1. The molecule has 0 bridgehead atoms. The molecule has 0 fully saturated rings. The first-order chi connectivity index (χ1) is 14.6. The Hall–Kier alpha value is -2.35. The summed E-state index contributed by atoms with van der Waals surface area (Å²) in [4.78, 5) is 2.37. The largest absolute Gasteiger partial charge is 0.497 e. The topological polar surface area (TPSA) is 12.5 Å². The molecule has 0 radical (unpaired) electrons. The van der Waals surface area contributed by atoms with E-state index in [1.807, 2.05) is 24.3 Å². The van der Waals surface area contributed by atoms with E-state index in [1.54, 1.807) is 0 Å². The lowest BCUT2D eigenvalue weighted by atomic mass is 9.98. The van der Waals surface area contributed by atoms with E-state index in [-0.39, 0.29) is 11.2 Å². The first-order valence-corrected chi connectivity index (χ1v) is 14.2. The Labute approximate surface area is 189 Å². The number of rotatable bonds is 9. The fraction of sp³-hybridized carbons (Fsp3) is 0.407. The molecule has 31 heavy (non-hydrogen) atoms. The number of allylic oxidation sites excluding steroid dienone is 1. The zero-order valence-electron chi connectivity index (χ0n) is 19.8. The minimum atomic E-state index is -1.80. The molecule has 2 aromatic carbocycles. The molecule has 0 amide bonds. The maximum absolute atomic E-state index is 13.2. The SMILES string of the molecule is CCN(C/C=C/C#CC(C)(C)C)Cc1cccc(OC[Si](C)(C)c2ccc(F)cc2)c1. The molecule has 0 aliphatic carbocycles. The molecule has 0 unspecified atom stereocenters. The van der Waals surface area contributed by atoms with E-state index in [1.165, 1.54) is 22.9 Å². The van der Waals surface area contributed by atoms with Crippen LogP contribution in [0, 0.1) is 23.1 Å². The van der Waals surface area contributed by atoms with Crippen LogP contribution >= 0.6 is 0 Å². The lowest BCUT2D eigenvalue weighted by Crippen LogP contribution is -2.47. The van der Waals surface area contributed by atoms with Crippen LogP contribution in [0.25, 0.3) is 0 Å². The van der Waals surface area contributed by atoms with Crippen LogP contribution in [-0.4, -0.2) is 32.3 Å². The summed E-state index contributed by atoms with van der Waals surface area (Å²) in [5.74, 6) is 7.05. The van der Waals surface area contributed by atoms with Gasteiger partial charge in [0.25, 0.3) is 0 Å². The number of likely N-dealkylation sites (N-methyl/N-ethyl adjacent to an activating group) is 1. The molecule has 0 saturated heterocycles. The molecular formula is C27H36FNOSi. The summed E-state index contributed by atoms with van der Waals surface area (Å²) in [7, 11) is -1.80. The molecule has 4 heteroatoms. The van der Waals surface area contributed by atoms with Gasteiger partial charge in [0.15, 0.2) is 0 Å². The standard InChI is InChI=1S/C27H36FNOSi/c1-7-29(19-10-8-9-18-27(2,3)4)21-23-12-11-13-25(20-23)30-22-31(5,6)26-16-14-24(28)15-17-26/h8,10-17,20H,7,19,21-22H2,1-6H3/b10-8+. The quantitative estimate of drug-likeness (QED) is 0.364. The van der Waals surface area contributed by atoms with Crippen LogP contribution in [0.4, 0.5) is 4.39 Å². The van der Waals surface area contributed by atoms with E-state index in [4.69, 9.17) is 4.74 Å². The van der Waals surface area contributed by atoms with E-state index >= 15 is 0 Å². The van der Waals surface area contributed by atoms with Crippen molar-refractivity contribution < 1.29 is 9.13 Å². The summed E-state index contributed by atoms with van der Waals surface area (Å²) in [5, 5.41) is 1.20. The van der Waals surface area contributed by atoms with Crippen molar-refractivity contribution in [1.29, 1.82) is 0 Å². The van der Waals surface area contributed by atoms with Gasteiger partial charge in [0, 0.05) is 18.5 Å². The van der Waals surface area contributed by atoms with Crippen LogP contribution in [0.1, 0.15) is 33.3 Å². The lowest BCUT2D eigenvalue weighted by molar-refractivity contribution is 0.310. The first kappa shape index (κ1) is 24.9. The Kier molecular flexibility index (Phi) is 9.10. The second-order valence-electron chi connectivity index (χ2n) is 9.58. The minimum absolute atomic E-state index is 0.0311. The monoisotopic (exact) mass is 437 g/mol. The van der Waals surface area contributed by atoms with Crippen molar-refractivity contribution in [2.24, 2.45) is 5.41 Å². The first-order valence-electron chi connectivity index (χ1n) is 11.0. The average molecular weight is 438 g/mol. The van der Waals surface area contributed by atoms with Crippen molar-refractivity contribution in [3.8, 4) is 17.6 Å². The van der Waals surface area contributed by atoms with Gasteiger partial charge in [-0.1, -0.05) is 67.4 Å². The summed E-state index contributed by atoms with van der Waals surface area (Å²) < 4.78 is 19.4. The van der Waals surface area contributed by atoms with Gasteiger partial charge in [-0.3, -0.25) is 4.90 Å². The zero-order valence-corrected chi connectivity index (χ0v) is 20.8. The van der Waals surface area contributed by atoms with Gasteiger partial charge in [-0.05, 0) is 63.2 Å². The highest BCUT2D eigenvalue weighted by Gasteiger charge is 2.24. The summed E-state index contributed by atoms with van der Waals surface area (Å²) in [6.07, 6.45) is 4.74. The summed E-state index contributed by atoms with van der Waals surface area (Å²) in [6, 6.07) is 15.2. The molecule has 0 spiro atoms. The molecule has 166 valence electrons. The van der Waals surface area contributed by atoms with Crippen LogP contribution in [0.3, 0.4) is 0 Å². The maximum atomic E-state index is 13.2. The molecule has 0 N–H and O–H groups in total. The average Bonchev–Trinajstić information content (AvgIpc) is 2.71. The Morgan fingerprint density at radius 2 is 1.81 bits per heavy atom. The van der Waals surface area contributed by atoms with Crippen LogP contribution in [0.15, 0.2) is 60.7 Å². The van der Waals surface area contributed by atoms with E-state index in [0.717, 1.165) is 25.4 Å². The van der Waals surface area contributed by atoms with Gasteiger partial charge in [-0.25, -0.2) is 4.39 Å². The third kappa shape index (κ3) is 9.12. The van der Waals surface area contributed by atoms with E-state index in [0.29, 0.717) is 6.23 Å². The minimum Gasteiger partial charge on any atom is -0.497 e. The second-order valence-corrected chi connectivity index (χ2v) is 14.2. The molecule has 0 atom stereocenters. The summed E-state index contributed by atoms with van der Waals surface area (Å²) >= 11 is 0. The normalized spacial score (nSPS) is 12.1. The highest BCUT2D eigenvalue weighted by molar-refractivity contribution is 6.89. The highest BCUT2D eigenvalue weighted by atomic mass is 28.3. The molecule has 0 heterocycles. The number of nitrogens with zero attached hydrogens (tertiary/aromatic N) is 1. The molecule has 0 saturated carbocycles. The number of hydrogen-bond acceptors (Lipinski definition) is 2. The maximum Gasteiger partial charge on any atom is 0.124 e. The molecule has 2 rings (SSSR count). The molecule has 0 aromatic heterocycles. The third-order valence-corrected chi connectivity index (χ3v) is 7.75. The molecular weight excluding hydrogens is 401 g/mol. The van der Waals surface area contributed by atoms with Crippen molar-refractivity contribution in [2.45, 2.75) is 47.3 Å². The zero-order chi connectivity index (χ0) is 22.9. The van der Waals surface area contributed by atoms with Crippen LogP contribution in [0.2, 0.25) is 13.1 Å². The second kappa shape index (κ2) is 11.3. The predicted molar refractivity (Wildman–Crippen MR) is 133 cm³/mol. The van der Waals surface area contributed by atoms with Crippen molar-refractivity contribution >= 4 is 13.3 Å². The smallest absolute Gasteiger partial charge is 0.124 e. The van der Waals surface area contributed by atoms with Gasteiger partial charge in [0.2, 0.25) is 0 Å². The van der Waals surface area contributed by atoms with Gasteiger partial charge < -0.3 is 4.74 Å². The highest BCUT2D eigenvalue weighted by Crippen LogP contribution is 2.17. The Bertz CT molecular complexity index is 917. The van der Waals surface area contributed by atoms with Crippen molar-refractivity contribution in [2.75, 3.05) is 19.3 Å². The third-order valence-electron chi connectivity index (χ3n) is 4.99. The Balaban J connectivity index is 1.94. The van der Waals surface area contributed by atoms with Gasteiger partial charge in [0.1, 0.15) is 19.6 Å². The van der Waals surface area contributed by atoms with E-state index in [2.05, 4.69) is 81.8 Å². The Morgan fingerprint density at radius 1 is 1.10 bits per heavy atom. The van der Waals surface area contributed by atoms with Gasteiger partial charge in [-0.2, -0.15) is 0 Å². The molecule has 2 nitrogen and oxygen atoms in total. The molecule has 0 aliphatic heterocycles. The summed E-state index contributed by atoms with van der Waals surface area (Å²) in [6.45, 7) is 15.7. The van der Waals surface area contributed by atoms with Gasteiger partial charge >= 0.3 is 0 Å². The van der Waals surface area contributed by atoms with E-state index < -0.39 is 8.07 Å². The number of hydrogen-bond donors (Lipinski definition) is 0. The fourth-order valence-corrected chi connectivity index (χ4v) is 4.83. The van der Waals surface area contributed by atoms with Crippen molar-refractivity contribution in [3.63, 3.8) is 0 Å². The lowest BCUT2D eigenvalue weighted by Gasteiger charge is -2.23. The Morgan fingerprint density at radius 3 is 2.45 bits per heavy atom. The predicted octanol–water partition coefficient (Wildman–Crippen LogP) is 5.79. The summed E-state index contributed by atoms with van der Waals surface area (Å²) in [5.41, 5.74) is 1.26. The van der Waals surface area contributed by atoms with Crippen molar-refractivity contribution in [3.05, 3.63) is 72.1 Å². The van der Waals surface area contributed by atoms with Gasteiger partial charge in [0.05, 0.1) is 6.23 Å². The van der Waals surface area contributed by atoms with Crippen LogP contribution < -0.4 is 9.92 Å². The van der Waals surface area contributed by atoms with Crippen LogP contribution in [0.5, 0.6) is 5.75 Å². The molecule has 2 aromatic rings. The van der Waals surface area contributed by atoms with E-state index in [9.17, 15) is 4.39 Å². The number of benzene rings is 2. The number of ether oxygens (including phenoxy) is 1. The van der Waals surface area contributed by atoms with Gasteiger partial charge in [-0.15, -0.1) is 0 Å². The van der Waals surface area contributed by atoms with Crippen LogP contribution in [-0.2, 0) is 6.54 Å².